The first-order chi connectivity index (χ1) is 6.72. The van der Waals surface area contributed by atoms with Crippen LogP contribution in [0.3, 0.4) is 0 Å². The van der Waals surface area contributed by atoms with Gasteiger partial charge in [-0.05, 0) is 0 Å². The Kier molecular flexibility index (Phi) is 3.91. The molecule has 0 bridgehead atoms. The van der Waals surface area contributed by atoms with Gasteiger partial charge in [-0.25, -0.2) is 9.78 Å². The number of nitrogens with zero attached hydrogens (tertiary/aromatic N) is 1. The summed E-state index contributed by atoms with van der Waals surface area (Å²) in [5.41, 5.74) is 4.90. The number of aliphatic hydroxyl groups excluding tert-OH is 1. The number of anilines is 1. The van der Waals surface area contributed by atoms with Crippen molar-refractivity contribution >= 4 is 22.5 Å². The zero-order valence-electron chi connectivity index (χ0n) is 7.28. The highest BCUT2D eigenvalue weighted by molar-refractivity contribution is 7.16. The third-order valence-corrected chi connectivity index (χ3v) is 2.01. The number of rotatable bonds is 2. The number of urea groups is 1. The topological polar surface area (TPSA) is 88.2 Å². The van der Waals surface area contributed by atoms with Crippen molar-refractivity contribution in [1.29, 1.82) is 0 Å². The molecular weight excluding hydrogens is 202 g/mol. The Balaban J connectivity index is 2.60. The molecular formula is C8H9N3O2S. The standard InChI is InChI=1S/C8H9N3O2S/c9-7(13)11-8-10-5-6(14-8)3-1-2-4-12/h5,12H,2,4H2,(H3,9,10,11,13). The molecule has 6 heteroatoms. The van der Waals surface area contributed by atoms with Crippen LogP contribution in [0.2, 0.25) is 0 Å². The Morgan fingerprint density at radius 1 is 1.79 bits per heavy atom. The Morgan fingerprint density at radius 3 is 3.21 bits per heavy atom. The van der Waals surface area contributed by atoms with Crippen molar-refractivity contribution in [1.82, 2.24) is 4.98 Å². The average Bonchev–Trinajstić information content (AvgIpc) is 2.52. The number of hydrogen-bond donors (Lipinski definition) is 3. The van der Waals surface area contributed by atoms with E-state index in [0.717, 1.165) is 4.88 Å². The maximum Gasteiger partial charge on any atom is 0.318 e. The number of thiazole rings is 1. The van der Waals surface area contributed by atoms with Crippen molar-refractivity contribution in [2.24, 2.45) is 5.73 Å². The number of carbonyl (C=O) groups is 1. The Labute approximate surface area is 85.0 Å². The first-order valence-corrected chi connectivity index (χ1v) is 4.66. The third-order valence-electron chi connectivity index (χ3n) is 1.18. The van der Waals surface area contributed by atoms with Crippen LogP contribution in [0, 0.1) is 11.8 Å². The lowest BCUT2D eigenvalue weighted by Crippen LogP contribution is -2.18. The van der Waals surface area contributed by atoms with Gasteiger partial charge >= 0.3 is 6.03 Å². The highest BCUT2D eigenvalue weighted by Crippen LogP contribution is 2.16. The van der Waals surface area contributed by atoms with Gasteiger partial charge in [-0.3, -0.25) is 5.32 Å². The highest BCUT2D eigenvalue weighted by Gasteiger charge is 2.00. The molecule has 2 amide bonds. The van der Waals surface area contributed by atoms with E-state index >= 15 is 0 Å². The van der Waals surface area contributed by atoms with Gasteiger partial charge in [0.15, 0.2) is 5.13 Å². The summed E-state index contributed by atoms with van der Waals surface area (Å²) < 4.78 is 0. The fraction of sp³-hybridized carbons (Fsp3) is 0.250. The minimum absolute atomic E-state index is 0.0399. The van der Waals surface area contributed by atoms with Gasteiger partial charge in [0.1, 0.15) is 0 Å². The van der Waals surface area contributed by atoms with Crippen molar-refractivity contribution in [3.8, 4) is 11.8 Å². The van der Waals surface area contributed by atoms with Gasteiger partial charge in [-0.15, -0.1) is 0 Å². The molecule has 5 nitrogen and oxygen atoms in total. The molecule has 0 spiro atoms. The monoisotopic (exact) mass is 211 g/mol. The minimum atomic E-state index is -0.644. The zero-order valence-corrected chi connectivity index (χ0v) is 8.10. The first kappa shape index (κ1) is 10.5. The van der Waals surface area contributed by atoms with E-state index in [-0.39, 0.29) is 6.61 Å². The highest BCUT2D eigenvalue weighted by atomic mass is 32.1. The van der Waals surface area contributed by atoms with Gasteiger partial charge < -0.3 is 10.8 Å². The third kappa shape index (κ3) is 3.43. The van der Waals surface area contributed by atoms with Gasteiger partial charge in [-0.2, -0.15) is 0 Å². The molecule has 0 aliphatic heterocycles. The van der Waals surface area contributed by atoms with Crippen molar-refractivity contribution in [3.05, 3.63) is 11.1 Å². The predicted molar refractivity (Wildman–Crippen MR) is 53.9 cm³/mol. The molecule has 1 heterocycles. The number of carbonyl (C=O) groups excluding carboxylic acids is 1. The van der Waals surface area contributed by atoms with Gasteiger partial charge in [-0.1, -0.05) is 23.2 Å². The largest absolute Gasteiger partial charge is 0.395 e. The number of amides is 2. The summed E-state index contributed by atoms with van der Waals surface area (Å²) in [7, 11) is 0. The van der Waals surface area contributed by atoms with E-state index in [1.54, 1.807) is 6.20 Å². The molecule has 0 saturated heterocycles. The average molecular weight is 211 g/mol. The lowest BCUT2D eigenvalue weighted by atomic mass is 10.4. The molecule has 0 aromatic carbocycles. The molecule has 1 aromatic rings. The molecule has 74 valence electrons. The number of nitrogens with two attached hydrogens (primary N) is 1. The normalized spacial score (nSPS) is 8.93. The lowest BCUT2D eigenvalue weighted by Gasteiger charge is -1.91. The van der Waals surface area contributed by atoms with Crippen LogP contribution in [0.5, 0.6) is 0 Å². The molecule has 0 atom stereocenters. The summed E-state index contributed by atoms with van der Waals surface area (Å²) in [5, 5.41) is 11.2. The quantitative estimate of drug-likeness (QED) is 0.617. The summed E-state index contributed by atoms with van der Waals surface area (Å²) >= 11 is 1.23. The maximum atomic E-state index is 10.4. The predicted octanol–water partition coefficient (Wildman–Crippen LogP) is 0.368. The molecule has 1 aromatic heterocycles. The van der Waals surface area contributed by atoms with E-state index in [1.807, 2.05) is 0 Å². The maximum absolute atomic E-state index is 10.4. The molecule has 0 saturated carbocycles. The van der Waals surface area contributed by atoms with E-state index < -0.39 is 6.03 Å². The van der Waals surface area contributed by atoms with E-state index in [2.05, 4.69) is 22.1 Å². The van der Waals surface area contributed by atoms with E-state index in [1.165, 1.54) is 11.3 Å². The molecule has 0 fully saturated rings. The number of hydrogen-bond acceptors (Lipinski definition) is 4. The second-order valence-corrected chi connectivity index (χ2v) is 3.32. The zero-order chi connectivity index (χ0) is 10.4. The van der Waals surface area contributed by atoms with Crippen LogP contribution in [-0.2, 0) is 0 Å². The van der Waals surface area contributed by atoms with Gasteiger partial charge in [0.2, 0.25) is 0 Å². The fourth-order valence-electron chi connectivity index (χ4n) is 0.701. The van der Waals surface area contributed by atoms with Crippen molar-refractivity contribution in [3.63, 3.8) is 0 Å². The number of primary amides is 1. The number of nitrogens with one attached hydrogen (secondary N) is 1. The summed E-state index contributed by atoms with van der Waals surface area (Å²) in [4.78, 5) is 15.0. The number of aromatic nitrogens is 1. The van der Waals surface area contributed by atoms with Gasteiger partial charge in [0.05, 0.1) is 17.7 Å². The van der Waals surface area contributed by atoms with E-state index in [0.29, 0.717) is 11.6 Å². The number of aliphatic hydroxyl groups is 1. The summed E-state index contributed by atoms with van der Waals surface area (Å²) in [6, 6.07) is -0.644. The summed E-state index contributed by atoms with van der Waals surface area (Å²) in [6.45, 7) is 0.0399. The van der Waals surface area contributed by atoms with E-state index in [4.69, 9.17) is 10.8 Å². The molecule has 0 aliphatic rings. The molecule has 14 heavy (non-hydrogen) atoms. The molecule has 0 radical (unpaired) electrons. The van der Waals surface area contributed by atoms with Crippen LogP contribution in [0.25, 0.3) is 0 Å². The molecule has 1 rings (SSSR count). The molecule has 4 N–H and O–H groups in total. The Morgan fingerprint density at radius 2 is 2.57 bits per heavy atom. The fourth-order valence-corrected chi connectivity index (χ4v) is 1.39. The van der Waals surface area contributed by atoms with Crippen molar-refractivity contribution in [2.45, 2.75) is 6.42 Å². The second-order valence-electron chi connectivity index (χ2n) is 2.29. The summed E-state index contributed by atoms with van der Waals surface area (Å²) in [5.74, 6) is 5.54. The molecule has 0 unspecified atom stereocenters. The van der Waals surface area contributed by atoms with E-state index in [9.17, 15) is 4.79 Å². The van der Waals surface area contributed by atoms with Crippen LogP contribution >= 0.6 is 11.3 Å². The van der Waals surface area contributed by atoms with Crippen LogP contribution < -0.4 is 11.1 Å². The molecule has 0 aliphatic carbocycles. The minimum Gasteiger partial charge on any atom is -0.395 e. The lowest BCUT2D eigenvalue weighted by molar-refractivity contribution is 0.259. The van der Waals surface area contributed by atoms with Crippen LogP contribution in [0.1, 0.15) is 11.3 Å². The second kappa shape index (κ2) is 5.21. The summed E-state index contributed by atoms with van der Waals surface area (Å²) in [6.07, 6.45) is 1.97. The van der Waals surface area contributed by atoms with Crippen LogP contribution in [0.4, 0.5) is 9.93 Å². The van der Waals surface area contributed by atoms with Gasteiger partial charge in [0, 0.05) is 6.42 Å². The van der Waals surface area contributed by atoms with Crippen LogP contribution in [0.15, 0.2) is 6.20 Å². The van der Waals surface area contributed by atoms with Crippen molar-refractivity contribution < 1.29 is 9.90 Å². The SMILES string of the molecule is NC(=O)Nc1ncc(C#CCCO)s1. The Hall–Kier alpha value is -1.58. The van der Waals surface area contributed by atoms with Crippen LogP contribution in [-0.4, -0.2) is 22.7 Å². The van der Waals surface area contributed by atoms with Gasteiger partial charge in [0.25, 0.3) is 0 Å². The first-order valence-electron chi connectivity index (χ1n) is 3.84. The van der Waals surface area contributed by atoms with Crippen molar-refractivity contribution in [2.75, 3.05) is 11.9 Å². The smallest absolute Gasteiger partial charge is 0.318 e. The Bertz CT molecular complexity index is 377.